The first-order valence-electron chi connectivity index (χ1n) is 7.91. The summed E-state index contributed by atoms with van der Waals surface area (Å²) in [6.45, 7) is 2.52. The highest BCUT2D eigenvalue weighted by Gasteiger charge is 2.32. The number of hydrogen-bond acceptors (Lipinski definition) is 5. The molecule has 0 radical (unpaired) electrons. The van der Waals surface area contributed by atoms with Crippen LogP contribution in [0.3, 0.4) is 0 Å². The first-order chi connectivity index (χ1) is 11.9. The van der Waals surface area contributed by atoms with E-state index in [1.807, 2.05) is 0 Å². The van der Waals surface area contributed by atoms with Crippen LogP contribution < -0.4 is 4.74 Å². The number of aryl methyl sites for hydroxylation is 1. The molecule has 0 spiro atoms. The highest BCUT2D eigenvalue weighted by molar-refractivity contribution is 5.74. The summed E-state index contributed by atoms with van der Waals surface area (Å²) in [5, 5.41) is 18.4. The number of rotatable bonds is 4. The standard InChI is InChI=1S/C16H19N3O6/c1-10-17-13-8-12(2-3-14(13)25-10)24-7-4-11-9-18(15(20)21)5-6-19(11)16(22)23/h2-3,8,11H,4-7,9H2,1H3,(H,20,21)(H,22,23)/t11-/m1/s1. The van der Waals surface area contributed by atoms with Gasteiger partial charge in [0.25, 0.3) is 0 Å². The van der Waals surface area contributed by atoms with Gasteiger partial charge in [0, 0.05) is 39.0 Å². The van der Waals surface area contributed by atoms with E-state index in [-0.39, 0.29) is 26.2 Å². The minimum atomic E-state index is -1.05. The van der Waals surface area contributed by atoms with Crippen LogP contribution in [-0.4, -0.2) is 69.5 Å². The molecule has 1 saturated heterocycles. The highest BCUT2D eigenvalue weighted by atomic mass is 16.5. The lowest BCUT2D eigenvalue weighted by Gasteiger charge is -2.38. The van der Waals surface area contributed by atoms with Crippen molar-refractivity contribution in [2.75, 3.05) is 26.2 Å². The lowest BCUT2D eigenvalue weighted by Crippen LogP contribution is -2.56. The molecule has 2 amide bonds. The number of nitrogens with zero attached hydrogens (tertiary/aromatic N) is 3. The summed E-state index contributed by atoms with van der Waals surface area (Å²) in [4.78, 5) is 29.2. The monoisotopic (exact) mass is 349 g/mol. The molecule has 1 aromatic carbocycles. The fourth-order valence-electron chi connectivity index (χ4n) is 2.95. The van der Waals surface area contributed by atoms with Crippen molar-refractivity contribution in [3.8, 4) is 5.75 Å². The molecular weight excluding hydrogens is 330 g/mol. The normalized spacial score (nSPS) is 17.7. The highest BCUT2D eigenvalue weighted by Crippen LogP contribution is 2.22. The van der Waals surface area contributed by atoms with E-state index in [4.69, 9.17) is 14.3 Å². The van der Waals surface area contributed by atoms with E-state index in [9.17, 15) is 14.7 Å². The van der Waals surface area contributed by atoms with Gasteiger partial charge in [0.2, 0.25) is 0 Å². The SMILES string of the molecule is Cc1nc2cc(OCC[C@@H]3CN(C(=O)O)CCN3C(=O)O)ccc2o1. The summed E-state index contributed by atoms with van der Waals surface area (Å²) in [7, 11) is 0. The van der Waals surface area contributed by atoms with Crippen molar-refractivity contribution in [3.05, 3.63) is 24.1 Å². The molecule has 1 aromatic heterocycles. The third kappa shape index (κ3) is 3.76. The quantitative estimate of drug-likeness (QED) is 0.869. The van der Waals surface area contributed by atoms with Crippen molar-refractivity contribution >= 4 is 23.3 Å². The maximum Gasteiger partial charge on any atom is 0.407 e. The number of hydrogen-bond donors (Lipinski definition) is 2. The first kappa shape index (κ1) is 16.9. The topological polar surface area (TPSA) is 116 Å². The Morgan fingerprint density at radius 3 is 2.84 bits per heavy atom. The molecule has 3 rings (SSSR count). The van der Waals surface area contributed by atoms with Crippen LogP contribution in [-0.2, 0) is 0 Å². The molecular formula is C16H19N3O6. The van der Waals surface area contributed by atoms with E-state index in [1.165, 1.54) is 9.80 Å². The van der Waals surface area contributed by atoms with Gasteiger partial charge >= 0.3 is 12.2 Å². The minimum absolute atomic E-state index is 0.145. The van der Waals surface area contributed by atoms with Crippen LogP contribution in [0, 0.1) is 6.92 Å². The number of piperazine rings is 1. The van der Waals surface area contributed by atoms with Gasteiger partial charge in [0.05, 0.1) is 12.6 Å². The number of amides is 2. The van der Waals surface area contributed by atoms with Crippen molar-refractivity contribution in [3.63, 3.8) is 0 Å². The van der Waals surface area contributed by atoms with Crippen LogP contribution >= 0.6 is 0 Å². The number of benzene rings is 1. The molecule has 0 aliphatic carbocycles. The van der Waals surface area contributed by atoms with Gasteiger partial charge in [-0.1, -0.05) is 0 Å². The van der Waals surface area contributed by atoms with Gasteiger partial charge < -0.3 is 29.2 Å². The Morgan fingerprint density at radius 2 is 2.12 bits per heavy atom. The van der Waals surface area contributed by atoms with E-state index < -0.39 is 18.2 Å². The molecule has 2 N–H and O–H groups in total. The smallest absolute Gasteiger partial charge is 0.407 e. The molecule has 2 aromatic rings. The Labute approximate surface area is 143 Å². The zero-order valence-electron chi connectivity index (χ0n) is 13.7. The van der Waals surface area contributed by atoms with E-state index >= 15 is 0 Å². The molecule has 9 heteroatoms. The summed E-state index contributed by atoms with van der Waals surface area (Å²) >= 11 is 0. The fourth-order valence-corrected chi connectivity index (χ4v) is 2.95. The Balaban J connectivity index is 1.61. The van der Waals surface area contributed by atoms with Crippen LogP contribution in [0.2, 0.25) is 0 Å². The Bertz CT molecular complexity index is 789. The van der Waals surface area contributed by atoms with Gasteiger partial charge in [-0.25, -0.2) is 14.6 Å². The number of oxazole rings is 1. The van der Waals surface area contributed by atoms with Crippen molar-refractivity contribution in [2.24, 2.45) is 0 Å². The predicted molar refractivity (Wildman–Crippen MR) is 87.0 cm³/mol. The van der Waals surface area contributed by atoms with Crippen LogP contribution in [0.5, 0.6) is 5.75 Å². The van der Waals surface area contributed by atoms with E-state index in [1.54, 1.807) is 25.1 Å². The maximum absolute atomic E-state index is 11.3. The van der Waals surface area contributed by atoms with E-state index in [0.717, 1.165) is 0 Å². The average molecular weight is 349 g/mol. The van der Waals surface area contributed by atoms with E-state index in [2.05, 4.69) is 4.98 Å². The summed E-state index contributed by atoms with van der Waals surface area (Å²) in [6, 6.07) is 4.85. The number of carbonyl (C=O) groups is 2. The Hall–Kier alpha value is -2.97. The third-order valence-electron chi connectivity index (χ3n) is 4.18. The van der Waals surface area contributed by atoms with Crippen molar-refractivity contribution in [1.29, 1.82) is 0 Å². The second-order valence-corrected chi connectivity index (χ2v) is 5.86. The van der Waals surface area contributed by atoms with Gasteiger partial charge in [0.1, 0.15) is 11.3 Å². The molecule has 1 aliphatic rings. The van der Waals surface area contributed by atoms with Crippen LogP contribution in [0.25, 0.3) is 11.1 Å². The zero-order chi connectivity index (χ0) is 18.0. The molecule has 2 heterocycles. The number of ether oxygens (including phenoxy) is 1. The van der Waals surface area contributed by atoms with Crippen LogP contribution in [0.15, 0.2) is 22.6 Å². The van der Waals surface area contributed by atoms with Crippen molar-refractivity contribution < 1.29 is 29.0 Å². The summed E-state index contributed by atoms with van der Waals surface area (Å²) in [5.74, 6) is 1.17. The molecule has 25 heavy (non-hydrogen) atoms. The molecule has 1 aliphatic heterocycles. The number of carboxylic acid groups (broad SMARTS) is 2. The molecule has 0 saturated carbocycles. The van der Waals surface area contributed by atoms with Crippen LogP contribution in [0.4, 0.5) is 9.59 Å². The van der Waals surface area contributed by atoms with E-state index in [0.29, 0.717) is 29.2 Å². The maximum atomic E-state index is 11.3. The van der Waals surface area contributed by atoms with Crippen LogP contribution in [0.1, 0.15) is 12.3 Å². The molecule has 1 atom stereocenters. The lowest BCUT2D eigenvalue weighted by atomic mass is 10.1. The van der Waals surface area contributed by atoms with Gasteiger partial charge in [-0.05, 0) is 12.1 Å². The number of aromatic nitrogens is 1. The van der Waals surface area contributed by atoms with Gasteiger partial charge in [-0.2, -0.15) is 0 Å². The summed E-state index contributed by atoms with van der Waals surface area (Å²) in [5.41, 5.74) is 1.36. The first-order valence-corrected chi connectivity index (χ1v) is 7.91. The zero-order valence-corrected chi connectivity index (χ0v) is 13.7. The summed E-state index contributed by atoms with van der Waals surface area (Å²) in [6.07, 6.45) is -1.69. The molecule has 1 fully saturated rings. The molecule has 9 nitrogen and oxygen atoms in total. The molecule has 134 valence electrons. The van der Waals surface area contributed by atoms with Crippen molar-refractivity contribution in [1.82, 2.24) is 14.8 Å². The molecule has 0 unspecified atom stereocenters. The Morgan fingerprint density at radius 1 is 1.32 bits per heavy atom. The van der Waals surface area contributed by atoms with Gasteiger partial charge in [-0.3, -0.25) is 0 Å². The lowest BCUT2D eigenvalue weighted by molar-refractivity contribution is 0.0562. The fraction of sp³-hybridized carbons (Fsp3) is 0.438. The largest absolute Gasteiger partial charge is 0.493 e. The summed E-state index contributed by atoms with van der Waals surface area (Å²) < 4.78 is 11.1. The molecule has 0 bridgehead atoms. The number of fused-ring (bicyclic) bond motifs is 1. The van der Waals surface area contributed by atoms with Gasteiger partial charge in [0.15, 0.2) is 11.5 Å². The predicted octanol–water partition coefficient (Wildman–Crippen LogP) is 2.25. The second kappa shape index (κ2) is 6.88. The average Bonchev–Trinajstić information content (AvgIpc) is 2.93. The Kier molecular flexibility index (Phi) is 4.64. The van der Waals surface area contributed by atoms with Gasteiger partial charge in [-0.15, -0.1) is 0 Å². The van der Waals surface area contributed by atoms with Crippen molar-refractivity contribution in [2.45, 2.75) is 19.4 Å². The second-order valence-electron chi connectivity index (χ2n) is 5.86. The third-order valence-corrected chi connectivity index (χ3v) is 4.18. The minimum Gasteiger partial charge on any atom is -0.493 e.